The second-order valence-corrected chi connectivity index (χ2v) is 3.13. The van der Waals surface area contributed by atoms with E-state index >= 15 is 0 Å². The SMILES string of the molecule is C#CCCC(COCC(F)(F)F)NCC. The molecule has 0 aliphatic carbocycles. The van der Waals surface area contributed by atoms with Gasteiger partial charge in [-0.25, -0.2) is 0 Å². The van der Waals surface area contributed by atoms with E-state index < -0.39 is 12.8 Å². The van der Waals surface area contributed by atoms with Crippen LogP contribution in [0.15, 0.2) is 0 Å². The molecule has 0 heterocycles. The van der Waals surface area contributed by atoms with E-state index in [1.807, 2.05) is 6.92 Å². The van der Waals surface area contributed by atoms with Crippen molar-refractivity contribution in [1.29, 1.82) is 0 Å². The zero-order valence-electron chi connectivity index (χ0n) is 8.73. The smallest absolute Gasteiger partial charge is 0.370 e. The molecule has 15 heavy (non-hydrogen) atoms. The second kappa shape index (κ2) is 7.55. The molecular weight excluding hydrogens is 207 g/mol. The van der Waals surface area contributed by atoms with Crippen LogP contribution >= 0.6 is 0 Å². The molecule has 0 aliphatic rings. The van der Waals surface area contributed by atoms with Crippen molar-refractivity contribution >= 4 is 0 Å². The zero-order chi connectivity index (χ0) is 11.7. The van der Waals surface area contributed by atoms with Gasteiger partial charge in [-0.1, -0.05) is 6.92 Å². The highest BCUT2D eigenvalue weighted by Crippen LogP contribution is 2.14. The maximum atomic E-state index is 11.8. The van der Waals surface area contributed by atoms with Crippen LogP contribution < -0.4 is 5.32 Å². The first-order valence-electron chi connectivity index (χ1n) is 4.81. The molecular formula is C10H16F3NO. The molecule has 0 aromatic rings. The van der Waals surface area contributed by atoms with Crippen molar-refractivity contribution in [1.82, 2.24) is 5.32 Å². The van der Waals surface area contributed by atoms with Crippen molar-refractivity contribution in [3.63, 3.8) is 0 Å². The fourth-order valence-electron chi connectivity index (χ4n) is 1.11. The Balaban J connectivity index is 3.71. The van der Waals surface area contributed by atoms with Crippen LogP contribution in [0.4, 0.5) is 13.2 Å². The van der Waals surface area contributed by atoms with Crippen LogP contribution in [-0.2, 0) is 4.74 Å². The average Bonchev–Trinajstić information content (AvgIpc) is 2.12. The van der Waals surface area contributed by atoms with Crippen LogP contribution in [0.3, 0.4) is 0 Å². The number of halogens is 3. The number of alkyl halides is 3. The molecule has 0 amide bonds. The summed E-state index contributed by atoms with van der Waals surface area (Å²) in [6.07, 6.45) is 1.97. The fraction of sp³-hybridized carbons (Fsp3) is 0.800. The summed E-state index contributed by atoms with van der Waals surface area (Å²) in [5, 5.41) is 3.02. The third-order valence-electron chi connectivity index (χ3n) is 1.71. The Morgan fingerprint density at radius 1 is 1.47 bits per heavy atom. The average molecular weight is 223 g/mol. The lowest BCUT2D eigenvalue weighted by Crippen LogP contribution is -2.34. The molecule has 1 unspecified atom stereocenters. The monoisotopic (exact) mass is 223 g/mol. The van der Waals surface area contributed by atoms with Gasteiger partial charge in [0.25, 0.3) is 0 Å². The van der Waals surface area contributed by atoms with Gasteiger partial charge in [-0.15, -0.1) is 12.3 Å². The molecule has 0 radical (unpaired) electrons. The summed E-state index contributed by atoms with van der Waals surface area (Å²) in [4.78, 5) is 0. The van der Waals surface area contributed by atoms with E-state index in [0.717, 1.165) is 0 Å². The third kappa shape index (κ3) is 9.57. The summed E-state index contributed by atoms with van der Waals surface area (Å²) in [6, 6.07) is -0.103. The number of ether oxygens (including phenoxy) is 1. The molecule has 0 spiro atoms. The van der Waals surface area contributed by atoms with Gasteiger partial charge in [0.1, 0.15) is 6.61 Å². The molecule has 0 aromatic carbocycles. The molecule has 0 bridgehead atoms. The lowest BCUT2D eigenvalue weighted by atomic mass is 10.2. The van der Waals surface area contributed by atoms with Crippen molar-refractivity contribution in [2.24, 2.45) is 0 Å². The molecule has 2 nitrogen and oxygen atoms in total. The lowest BCUT2D eigenvalue weighted by molar-refractivity contribution is -0.175. The summed E-state index contributed by atoms with van der Waals surface area (Å²) in [6.45, 7) is 1.40. The number of hydrogen-bond acceptors (Lipinski definition) is 2. The van der Waals surface area contributed by atoms with Crippen LogP contribution in [0.1, 0.15) is 19.8 Å². The molecule has 88 valence electrons. The molecule has 5 heteroatoms. The van der Waals surface area contributed by atoms with Gasteiger partial charge in [0, 0.05) is 12.5 Å². The Labute approximate surface area is 88.2 Å². The van der Waals surface area contributed by atoms with Crippen LogP contribution in [0.2, 0.25) is 0 Å². The minimum absolute atomic E-state index is 0.0367. The summed E-state index contributed by atoms with van der Waals surface area (Å²) in [7, 11) is 0. The van der Waals surface area contributed by atoms with Gasteiger partial charge in [0.2, 0.25) is 0 Å². The van der Waals surface area contributed by atoms with Gasteiger partial charge in [0.05, 0.1) is 6.61 Å². The van der Waals surface area contributed by atoms with E-state index in [-0.39, 0.29) is 12.6 Å². The van der Waals surface area contributed by atoms with E-state index in [9.17, 15) is 13.2 Å². The van der Waals surface area contributed by atoms with Crippen molar-refractivity contribution in [2.45, 2.75) is 32.0 Å². The van der Waals surface area contributed by atoms with Gasteiger partial charge in [-0.2, -0.15) is 13.2 Å². The van der Waals surface area contributed by atoms with Crippen LogP contribution in [0, 0.1) is 12.3 Å². The maximum Gasteiger partial charge on any atom is 0.411 e. The summed E-state index contributed by atoms with van der Waals surface area (Å²) < 4.78 is 39.9. The Bertz CT molecular complexity index is 198. The summed E-state index contributed by atoms with van der Waals surface area (Å²) in [5.74, 6) is 2.45. The minimum Gasteiger partial charge on any atom is -0.370 e. The number of likely N-dealkylation sites (N-methyl/N-ethyl adjacent to an activating group) is 1. The van der Waals surface area contributed by atoms with Gasteiger partial charge < -0.3 is 10.1 Å². The van der Waals surface area contributed by atoms with E-state index in [1.54, 1.807) is 0 Å². The minimum atomic E-state index is -4.26. The number of nitrogens with one attached hydrogen (secondary N) is 1. The Hall–Kier alpha value is -0.730. The van der Waals surface area contributed by atoms with Crippen molar-refractivity contribution in [3.05, 3.63) is 0 Å². The second-order valence-electron chi connectivity index (χ2n) is 3.13. The van der Waals surface area contributed by atoms with Gasteiger partial charge in [-0.05, 0) is 13.0 Å². The van der Waals surface area contributed by atoms with Crippen molar-refractivity contribution in [3.8, 4) is 12.3 Å². The molecule has 0 saturated heterocycles. The van der Waals surface area contributed by atoms with Crippen LogP contribution in [0.25, 0.3) is 0 Å². The Morgan fingerprint density at radius 3 is 2.60 bits per heavy atom. The van der Waals surface area contributed by atoms with E-state index in [1.165, 1.54) is 0 Å². The lowest BCUT2D eigenvalue weighted by Gasteiger charge is -2.17. The number of hydrogen-bond donors (Lipinski definition) is 1. The number of terminal acetylenes is 1. The highest BCUT2D eigenvalue weighted by atomic mass is 19.4. The normalized spacial score (nSPS) is 13.5. The van der Waals surface area contributed by atoms with E-state index in [0.29, 0.717) is 19.4 Å². The van der Waals surface area contributed by atoms with Crippen molar-refractivity contribution < 1.29 is 17.9 Å². The first kappa shape index (κ1) is 14.3. The van der Waals surface area contributed by atoms with Gasteiger partial charge in [0.15, 0.2) is 0 Å². The highest BCUT2D eigenvalue weighted by molar-refractivity contribution is 4.85. The first-order chi connectivity index (χ1) is 6.99. The predicted molar refractivity (Wildman–Crippen MR) is 52.4 cm³/mol. The molecule has 0 fully saturated rings. The number of rotatable bonds is 7. The first-order valence-corrected chi connectivity index (χ1v) is 4.81. The molecule has 0 saturated carbocycles. The Kier molecular flexibility index (Phi) is 7.18. The molecule has 1 N–H and O–H groups in total. The molecule has 0 aliphatic heterocycles. The quantitative estimate of drug-likeness (QED) is 0.666. The van der Waals surface area contributed by atoms with Gasteiger partial charge >= 0.3 is 6.18 Å². The zero-order valence-corrected chi connectivity index (χ0v) is 8.73. The summed E-state index contributed by atoms with van der Waals surface area (Å²) >= 11 is 0. The maximum absolute atomic E-state index is 11.8. The van der Waals surface area contributed by atoms with Crippen LogP contribution in [-0.4, -0.2) is 32.0 Å². The van der Waals surface area contributed by atoms with E-state index in [4.69, 9.17) is 6.42 Å². The Morgan fingerprint density at radius 2 is 2.13 bits per heavy atom. The predicted octanol–water partition coefficient (Wildman–Crippen LogP) is 1.96. The topological polar surface area (TPSA) is 21.3 Å². The molecule has 0 rings (SSSR count). The van der Waals surface area contributed by atoms with Gasteiger partial charge in [-0.3, -0.25) is 0 Å². The van der Waals surface area contributed by atoms with E-state index in [2.05, 4.69) is 16.0 Å². The van der Waals surface area contributed by atoms with Crippen LogP contribution in [0.5, 0.6) is 0 Å². The summed E-state index contributed by atoms with van der Waals surface area (Å²) in [5.41, 5.74) is 0. The molecule has 1 atom stereocenters. The van der Waals surface area contributed by atoms with Crippen molar-refractivity contribution in [2.75, 3.05) is 19.8 Å². The molecule has 0 aromatic heterocycles. The third-order valence-corrected chi connectivity index (χ3v) is 1.71. The largest absolute Gasteiger partial charge is 0.411 e. The fourth-order valence-corrected chi connectivity index (χ4v) is 1.11. The standard InChI is InChI=1S/C10H16F3NO/c1-3-5-6-9(14-4-2)7-15-8-10(11,12)13/h1,9,14H,4-8H2,2H3. The highest BCUT2D eigenvalue weighted by Gasteiger charge is 2.27.